The van der Waals surface area contributed by atoms with Gasteiger partial charge >= 0.3 is 12.1 Å². The van der Waals surface area contributed by atoms with E-state index >= 15 is 0 Å². The fourth-order valence-electron chi connectivity index (χ4n) is 2.37. The molecule has 5 heteroatoms. The Morgan fingerprint density at radius 3 is 2.40 bits per heavy atom. The molecule has 20 heavy (non-hydrogen) atoms. The Morgan fingerprint density at radius 2 is 1.90 bits per heavy atom. The Labute approximate surface area is 120 Å². The summed E-state index contributed by atoms with van der Waals surface area (Å²) in [6.45, 7) is 5.20. The zero-order valence-electron chi connectivity index (χ0n) is 12.6. The summed E-state index contributed by atoms with van der Waals surface area (Å²) in [5.41, 5.74) is -0.741. The van der Waals surface area contributed by atoms with Crippen LogP contribution in [0.3, 0.4) is 0 Å². The van der Waals surface area contributed by atoms with E-state index in [-0.39, 0.29) is 5.70 Å². The molecule has 0 aromatic heterocycles. The van der Waals surface area contributed by atoms with Crippen molar-refractivity contribution in [3.05, 3.63) is 11.8 Å². The molecular formula is C15H25NO4. The predicted molar refractivity (Wildman–Crippen MR) is 76.3 cm³/mol. The number of hydrogen-bond acceptors (Lipinski definition) is 3. The highest BCUT2D eigenvalue weighted by atomic mass is 16.6. The van der Waals surface area contributed by atoms with Crippen molar-refractivity contribution in [1.29, 1.82) is 0 Å². The lowest BCUT2D eigenvalue weighted by Gasteiger charge is -2.19. The van der Waals surface area contributed by atoms with Crippen molar-refractivity contribution in [2.24, 2.45) is 5.92 Å². The van der Waals surface area contributed by atoms with Crippen molar-refractivity contribution in [1.82, 2.24) is 5.32 Å². The minimum atomic E-state index is -1.14. The van der Waals surface area contributed by atoms with Crippen molar-refractivity contribution in [2.75, 3.05) is 0 Å². The van der Waals surface area contributed by atoms with E-state index in [1.165, 1.54) is 25.7 Å². The van der Waals surface area contributed by atoms with E-state index < -0.39 is 17.7 Å². The van der Waals surface area contributed by atoms with Gasteiger partial charge in [0.25, 0.3) is 0 Å². The Balaban J connectivity index is 2.46. The van der Waals surface area contributed by atoms with Gasteiger partial charge in [0, 0.05) is 0 Å². The number of hydrogen-bond donors (Lipinski definition) is 2. The minimum Gasteiger partial charge on any atom is -0.477 e. The van der Waals surface area contributed by atoms with Crippen molar-refractivity contribution in [3.63, 3.8) is 0 Å². The maximum Gasteiger partial charge on any atom is 0.412 e. The van der Waals surface area contributed by atoms with Crippen molar-refractivity contribution < 1.29 is 19.4 Å². The lowest BCUT2D eigenvalue weighted by Crippen LogP contribution is -2.34. The summed E-state index contributed by atoms with van der Waals surface area (Å²) < 4.78 is 5.04. The smallest absolute Gasteiger partial charge is 0.412 e. The fraction of sp³-hybridized carbons (Fsp3) is 0.733. The number of carbonyl (C=O) groups is 2. The molecule has 1 amide bonds. The van der Waals surface area contributed by atoms with Crippen LogP contribution >= 0.6 is 0 Å². The van der Waals surface area contributed by atoms with Gasteiger partial charge in [-0.05, 0) is 39.5 Å². The van der Waals surface area contributed by atoms with E-state index in [1.54, 1.807) is 26.8 Å². The molecule has 2 N–H and O–H groups in total. The summed E-state index contributed by atoms with van der Waals surface area (Å²) in [7, 11) is 0. The van der Waals surface area contributed by atoms with Crippen LogP contribution < -0.4 is 5.32 Å². The lowest BCUT2D eigenvalue weighted by atomic mass is 10.0. The Kier molecular flexibility index (Phi) is 6.05. The van der Waals surface area contributed by atoms with Gasteiger partial charge in [0.2, 0.25) is 0 Å². The first-order valence-electron chi connectivity index (χ1n) is 7.21. The van der Waals surface area contributed by atoms with Gasteiger partial charge in [0.15, 0.2) is 0 Å². The van der Waals surface area contributed by atoms with Crippen LogP contribution in [-0.2, 0) is 9.53 Å². The number of alkyl carbamates (subject to hydrolysis) is 1. The maximum atomic E-state index is 11.6. The summed E-state index contributed by atoms with van der Waals surface area (Å²) in [6.07, 6.45) is 7.50. The number of allylic oxidation sites excluding steroid dienone is 1. The molecular weight excluding hydrogens is 258 g/mol. The quantitative estimate of drug-likeness (QED) is 0.758. The highest BCUT2D eigenvalue weighted by molar-refractivity contribution is 5.90. The average molecular weight is 283 g/mol. The summed E-state index contributed by atoms with van der Waals surface area (Å²) in [5.74, 6) is -0.440. The van der Waals surface area contributed by atoms with Gasteiger partial charge in [-0.25, -0.2) is 9.59 Å². The minimum absolute atomic E-state index is 0.0998. The number of nitrogens with one attached hydrogen (secondary N) is 1. The highest BCUT2D eigenvalue weighted by Crippen LogP contribution is 2.28. The standard InChI is InChI=1S/C15H25NO4/c1-15(2,3)20-14(19)16-12(13(17)18)10-6-9-11-7-4-5-8-11/h10-11H,4-9H2,1-3H3,(H,16,19)(H,17,18). The average Bonchev–Trinajstić information content (AvgIpc) is 2.77. The van der Waals surface area contributed by atoms with E-state index in [1.807, 2.05) is 0 Å². The fourth-order valence-corrected chi connectivity index (χ4v) is 2.37. The van der Waals surface area contributed by atoms with Gasteiger partial charge in [-0.2, -0.15) is 0 Å². The second-order valence-corrected chi connectivity index (χ2v) is 6.28. The summed E-state index contributed by atoms with van der Waals surface area (Å²) >= 11 is 0. The third-order valence-electron chi connectivity index (χ3n) is 3.26. The van der Waals surface area contributed by atoms with E-state index in [4.69, 9.17) is 9.84 Å². The molecule has 1 rings (SSSR count). The zero-order chi connectivity index (χ0) is 15.2. The van der Waals surface area contributed by atoms with Crippen LogP contribution in [0.5, 0.6) is 0 Å². The molecule has 0 bridgehead atoms. The first kappa shape index (κ1) is 16.5. The highest BCUT2D eigenvalue weighted by Gasteiger charge is 2.19. The van der Waals surface area contributed by atoms with Crippen LogP contribution in [0.15, 0.2) is 11.8 Å². The number of carboxylic acids is 1. The molecule has 1 aliphatic rings. The summed E-state index contributed by atoms with van der Waals surface area (Å²) in [6, 6.07) is 0. The first-order chi connectivity index (χ1) is 9.28. The summed E-state index contributed by atoms with van der Waals surface area (Å²) in [4.78, 5) is 22.6. The van der Waals surface area contributed by atoms with Crippen LogP contribution in [0.2, 0.25) is 0 Å². The SMILES string of the molecule is CC(C)(C)OC(=O)NC(=CCCC1CCCC1)C(=O)O. The maximum absolute atomic E-state index is 11.6. The topological polar surface area (TPSA) is 75.6 Å². The van der Waals surface area contributed by atoms with Gasteiger partial charge in [0.1, 0.15) is 11.3 Å². The predicted octanol–water partition coefficient (Wildman–Crippen LogP) is 3.45. The largest absolute Gasteiger partial charge is 0.477 e. The third kappa shape index (κ3) is 6.59. The molecule has 0 radical (unpaired) electrons. The molecule has 0 atom stereocenters. The van der Waals surface area contributed by atoms with E-state index in [0.29, 0.717) is 12.3 Å². The van der Waals surface area contributed by atoms with Gasteiger partial charge in [-0.15, -0.1) is 0 Å². The van der Waals surface area contributed by atoms with E-state index in [9.17, 15) is 9.59 Å². The molecule has 0 aromatic rings. The molecule has 5 nitrogen and oxygen atoms in total. The van der Waals surface area contributed by atoms with Crippen LogP contribution in [0, 0.1) is 5.92 Å². The third-order valence-corrected chi connectivity index (χ3v) is 3.26. The van der Waals surface area contributed by atoms with Gasteiger partial charge < -0.3 is 9.84 Å². The van der Waals surface area contributed by atoms with Crippen LogP contribution in [-0.4, -0.2) is 22.8 Å². The first-order valence-corrected chi connectivity index (χ1v) is 7.21. The van der Waals surface area contributed by atoms with Crippen LogP contribution in [0.4, 0.5) is 4.79 Å². The number of carboxylic acid groups (broad SMARTS) is 1. The molecule has 1 saturated carbocycles. The molecule has 0 spiro atoms. The molecule has 1 fully saturated rings. The van der Waals surface area contributed by atoms with Crippen LogP contribution in [0.25, 0.3) is 0 Å². The molecule has 0 aliphatic heterocycles. The molecule has 0 aromatic carbocycles. The van der Waals surface area contributed by atoms with Crippen LogP contribution in [0.1, 0.15) is 59.3 Å². The number of ether oxygens (including phenoxy) is 1. The number of carbonyl (C=O) groups excluding carboxylic acids is 1. The second-order valence-electron chi connectivity index (χ2n) is 6.28. The number of rotatable bonds is 5. The lowest BCUT2D eigenvalue weighted by molar-refractivity contribution is -0.133. The molecule has 1 aliphatic carbocycles. The summed E-state index contributed by atoms with van der Waals surface area (Å²) in [5, 5.41) is 11.4. The molecule has 0 saturated heterocycles. The Hall–Kier alpha value is -1.52. The Bertz CT molecular complexity index is 376. The van der Waals surface area contributed by atoms with Gasteiger partial charge in [-0.3, -0.25) is 5.32 Å². The van der Waals surface area contributed by atoms with Gasteiger partial charge in [0.05, 0.1) is 0 Å². The second kappa shape index (κ2) is 7.31. The normalized spacial score (nSPS) is 17.1. The molecule has 114 valence electrons. The molecule has 0 heterocycles. The van der Waals surface area contributed by atoms with Crippen molar-refractivity contribution in [2.45, 2.75) is 64.9 Å². The van der Waals surface area contributed by atoms with Gasteiger partial charge in [-0.1, -0.05) is 31.8 Å². The Morgan fingerprint density at radius 1 is 1.30 bits per heavy atom. The number of amides is 1. The van der Waals surface area contributed by atoms with E-state index in [2.05, 4.69) is 5.32 Å². The number of aliphatic carboxylic acids is 1. The molecule has 0 unspecified atom stereocenters. The van der Waals surface area contributed by atoms with Crippen molar-refractivity contribution >= 4 is 12.1 Å². The van der Waals surface area contributed by atoms with E-state index in [0.717, 1.165) is 6.42 Å². The monoisotopic (exact) mass is 283 g/mol. The van der Waals surface area contributed by atoms with Crippen molar-refractivity contribution in [3.8, 4) is 0 Å². The zero-order valence-corrected chi connectivity index (χ0v) is 12.6.